The number of nitrogens with one attached hydrogen (secondary N) is 1. The molecule has 1 aliphatic heterocycles. The third-order valence-electron chi connectivity index (χ3n) is 3.84. The normalized spacial score (nSPS) is 17.3. The quantitative estimate of drug-likeness (QED) is 0.452. The summed E-state index contributed by atoms with van der Waals surface area (Å²) in [5.41, 5.74) is 0.884. The minimum absolute atomic E-state index is 0.0634. The lowest BCUT2D eigenvalue weighted by Crippen LogP contribution is -2.32. The minimum Gasteiger partial charge on any atom is -0.494 e. The Labute approximate surface area is 143 Å². The molecule has 0 aromatic heterocycles. The predicted octanol–water partition coefficient (Wildman–Crippen LogP) is 3.07. The summed E-state index contributed by atoms with van der Waals surface area (Å²) in [5, 5.41) is 12.0. The third kappa shape index (κ3) is 5.71. The summed E-state index contributed by atoms with van der Waals surface area (Å²) in [6.07, 6.45) is 5.73. The van der Waals surface area contributed by atoms with E-state index in [0.717, 1.165) is 43.6 Å². The van der Waals surface area contributed by atoms with Crippen molar-refractivity contribution >= 4 is 12.0 Å². The maximum Gasteiger partial charge on any atom is 0.262 e. The summed E-state index contributed by atoms with van der Waals surface area (Å²) in [4.78, 5) is 12.1. The van der Waals surface area contributed by atoms with Crippen LogP contribution in [0, 0.1) is 11.3 Å². The SMILES string of the molecule is CCCCOc1ccc(C=C(C#N)C(=O)NCC2CCCO2)cc1. The second-order valence-corrected chi connectivity index (χ2v) is 5.79. The molecule has 1 unspecified atom stereocenters. The van der Waals surface area contributed by atoms with Crippen LogP contribution in [-0.2, 0) is 9.53 Å². The fourth-order valence-corrected chi connectivity index (χ4v) is 2.42. The third-order valence-corrected chi connectivity index (χ3v) is 3.84. The Balaban J connectivity index is 1.90. The first-order valence-electron chi connectivity index (χ1n) is 8.47. The second kappa shape index (κ2) is 9.74. The second-order valence-electron chi connectivity index (χ2n) is 5.79. The van der Waals surface area contributed by atoms with Gasteiger partial charge in [0.2, 0.25) is 0 Å². The summed E-state index contributed by atoms with van der Waals surface area (Å²) < 4.78 is 11.1. The summed E-state index contributed by atoms with van der Waals surface area (Å²) in [7, 11) is 0. The van der Waals surface area contributed by atoms with E-state index in [4.69, 9.17) is 9.47 Å². The van der Waals surface area contributed by atoms with Crippen LogP contribution in [0.15, 0.2) is 29.8 Å². The number of unbranched alkanes of at least 4 members (excludes halogenated alkanes) is 1. The minimum atomic E-state index is -0.365. The summed E-state index contributed by atoms with van der Waals surface area (Å²) in [5.74, 6) is 0.429. The van der Waals surface area contributed by atoms with E-state index in [1.165, 1.54) is 0 Å². The molecule has 1 aliphatic rings. The molecule has 5 nitrogen and oxygen atoms in total. The van der Waals surface area contributed by atoms with Gasteiger partial charge in [-0.1, -0.05) is 25.5 Å². The predicted molar refractivity (Wildman–Crippen MR) is 92.4 cm³/mol. The highest BCUT2D eigenvalue weighted by Crippen LogP contribution is 2.15. The van der Waals surface area contributed by atoms with Crippen molar-refractivity contribution < 1.29 is 14.3 Å². The van der Waals surface area contributed by atoms with Gasteiger partial charge in [-0.25, -0.2) is 0 Å². The van der Waals surface area contributed by atoms with Crippen molar-refractivity contribution in [3.63, 3.8) is 0 Å². The number of benzene rings is 1. The van der Waals surface area contributed by atoms with E-state index in [2.05, 4.69) is 12.2 Å². The van der Waals surface area contributed by atoms with Gasteiger partial charge in [0.1, 0.15) is 17.4 Å². The van der Waals surface area contributed by atoms with Gasteiger partial charge in [0.15, 0.2) is 0 Å². The molecule has 128 valence electrons. The molecular formula is C19H24N2O3. The van der Waals surface area contributed by atoms with Crippen molar-refractivity contribution in [3.05, 3.63) is 35.4 Å². The van der Waals surface area contributed by atoms with Crippen LogP contribution >= 0.6 is 0 Å². The zero-order chi connectivity index (χ0) is 17.2. The molecule has 1 amide bonds. The van der Waals surface area contributed by atoms with E-state index >= 15 is 0 Å². The van der Waals surface area contributed by atoms with Crippen LogP contribution in [0.5, 0.6) is 5.75 Å². The Hall–Kier alpha value is -2.32. The monoisotopic (exact) mass is 328 g/mol. The average molecular weight is 328 g/mol. The molecule has 1 aromatic rings. The van der Waals surface area contributed by atoms with E-state index in [-0.39, 0.29) is 17.6 Å². The van der Waals surface area contributed by atoms with Gasteiger partial charge in [-0.3, -0.25) is 4.79 Å². The number of carbonyl (C=O) groups excluding carboxylic acids is 1. The van der Waals surface area contributed by atoms with Crippen LogP contribution in [0.25, 0.3) is 6.08 Å². The maximum atomic E-state index is 12.1. The Kier molecular flexibility index (Phi) is 7.31. The van der Waals surface area contributed by atoms with Crippen molar-refractivity contribution in [3.8, 4) is 11.8 Å². The van der Waals surface area contributed by atoms with Crippen LogP contribution in [0.1, 0.15) is 38.2 Å². The lowest BCUT2D eigenvalue weighted by Gasteiger charge is -2.10. The standard InChI is InChI=1S/C19H24N2O3/c1-2-3-10-23-17-8-6-15(7-9-17)12-16(13-20)19(22)21-14-18-5-4-11-24-18/h6-9,12,18H,2-5,10-11,14H2,1H3,(H,21,22). The molecule has 0 bridgehead atoms. The van der Waals surface area contributed by atoms with Crippen molar-refractivity contribution in [2.24, 2.45) is 0 Å². The van der Waals surface area contributed by atoms with Crippen LogP contribution in [0.2, 0.25) is 0 Å². The number of nitrogens with zero attached hydrogens (tertiary/aromatic N) is 1. The Morgan fingerprint density at radius 3 is 2.88 bits per heavy atom. The van der Waals surface area contributed by atoms with Gasteiger partial charge in [0.25, 0.3) is 5.91 Å². The maximum absolute atomic E-state index is 12.1. The van der Waals surface area contributed by atoms with Crippen molar-refractivity contribution in [1.29, 1.82) is 5.26 Å². The largest absolute Gasteiger partial charge is 0.494 e. The van der Waals surface area contributed by atoms with Crippen molar-refractivity contribution in [2.45, 2.75) is 38.7 Å². The van der Waals surface area contributed by atoms with E-state index in [1.54, 1.807) is 6.08 Å². The Bertz CT molecular complexity index is 596. The van der Waals surface area contributed by atoms with E-state index < -0.39 is 0 Å². The lowest BCUT2D eigenvalue weighted by atomic mass is 10.1. The molecule has 0 spiro atoms. The smallest absolute Gasteiger partial charge is 0.262 e. The zero-order valence-corrected chi connectivity index (χ0v) is 14.1. The molecule has 5 heteroatoms. The van der Waals surface area contributed by atoms with Gasteiger partial charge < -0.3 is 14.8 Å². The van der Waals surface area contributed by atoms with Gasteiger partial charge >= 0.3 is 0 Å². The topological polar surface area (TPSA) is 71.3 Å². The molecule has 2 rings (SSSR count). The number of rotatable bonds is 8. The highest BCUT2D eigenvalue weighted by Gasteiger charge is 2.17. The first kappa shape index (κ1) is 18.0. The first-order valence-corrected chi connectivity index (χ1v) is 8.47. The highest BCUT2D eigenvalue weighted by atomic mass is 16.5. The average Bonchev–Trinajstić information content (AvgIpc) is 3.12. The van der Waals surface area contributed by atoms with E-state index in [1.807, 2.05) is 30.3 Å². The zero-order valence-electron chi connectivity index (χ0n) is 14.1. The molecule has 1 heterocycles. The van der Waals surface area contributed by atoms with Crippen LogP contribution < -0.4 is 10.1 Å². The van der Waals surface area contributed by atoms with E-state index in [9.17, 15) is 10.1 Å². The molecule has 24 heavy (non-hydrogen) atoms. The fourth-order valence-electron chi connectivity index (χ4n) is 2.42. The van der Waals surface area contributed by atoms with E-state index in [0.29, 0.717) is 13.2 Å². The molecule has 0 radical (unpaired) electrons. The van der Waals surface area contributed by atoms with Crippen LogP contribution in [0.4, 0.5) is 0 Å². The summed E-state index contributed by atoms with van der Waals surface area (Å²) >= 11 is 0. The Morgan fingerprint density at radius 1 is 1.46 bits per heavy atom. The van der Waals surface area contributed by atoms with Gasteiger partial charge in [0.05, 0.1) is 12.7 Å². The fraction of sp³-hybridized carbons (Fsp3) is 0.474. The molecule has 0 saturated carbocycles. The number of amides is 1. The van der Waals surface area contributed by atoms with Gasteiger partial charge in [-0.15, -0.1) is 0 Å². The lowest BCUT2D eigenvalue weighted by molar-refractivity contribution is -0.117. The van der Waals surface area contributed by atoms with Crippen LogP contribution in [-0.4, -0.2) is 31.8 Å². The van der Waals surface area contributed by atoms with Crippen molar-refractivity contribution in [2.75, 3.05) is 19.8 Å². The van der Waals surface area contributed by atoms with Gasteiger partial charge in [-0.2, -0.15) is 5.26 Å². The van der Waals surface area contributed by atoms with Crippen LogP contribution in [0.3, 0.4) is 0 Å². The molecule has 1 atom stereocenters. The molecule has 1 saturated heterocycles. The van der Waals surface area contributed by atoms with Gasteiger partial charge in [-0.05, 0) is 43.0 Å². The number of hydrogen-bond donors (Lipinski definition) is 1. The number of carbonyl (C=O) groups is 1. The molecule has 1 N–H and O–H groups in total. The number of nitriles is 1. The number of hydrogen-bond acceptors (Lipinski definition) is 4. The molecule has 0 aliphatic carbocycles. The highest BCUT2D eigenvalue weighted by molar-refractivity contribution is 6.01. The summed E-state index contributed by atoms with van der Waals surface area (Å²) in [6.45, 7) is 4.00. The first-order chi connectivity index (χ1) is 11.7. The molecule has 1 aromatic carbocycles. The number of ether oxygens (including phenoxy) is 2. The Morgan fingerprint density at radius 2 is 2.25 bits per heavy atom. The molecular weight excluding hydrogens is 304 g/mol. The summed E-state index contributed by atoms with van der Waals surface area (Å²) in [6, 6.07) is 9.33. The van der Waals surface area contributed by atoms with Crippen molar-refractivity contribution in [1.82, 2.24) is 5.32 Å². The van der Waals surface area contributed by atoms with Gasteiger partial charge in [0, 0.05) is 13.2 Å². The molecule has 1 fully saturated rings.